The van der Waals surface area contributed by atoms with Gasteiger partial charge >= 0.3 is 0 Å². The monoisotopic (exact) mass is 397 g/mol. The lowest BCUT2D eigenvalue weighted by atomic mass is 9.96. The smallest absolute Gasteiger partial charge is 0.202 e. The number of nitrogens with one attached hydrogen (secondary N) is 1. The molecule has 3 aromatic heterocycles. The zero-order chi connectivity index (χ0) is 20.1. The maximum absolute atomic E-state index is 6.10. The van der Waals surface area contributed by atoms with E-state index in [0.717, 1.165) is 56.7 Å². The first-order valence-corrected chi connectivity index (χ1v) is 9.91. The average Bonchev–Trinajstić information content (AvgIpc) is 3.44. The fourth-order valence-corrected chi connectivity index (χ4v) is 4.16. The van der Waals surface area contributed by atoms with Gasteiger partial charge in [-0.25, -0.2) is 9.97 Å². The molecule has 0 unspecified atom stereocenters. The topological polar surface area (TPSA) is 73.2 Å². The van der Waals surface area contributed by atoms with Gasteiger partial charge in [-0.2, -0.15) is 0 Å². The molecule has 1 aliphatic rings. The molecule has 0 saturated carbocycles. The number of fused-ring (bicyclic) bond motifs is 3. The van der Waals surface area contributed by atoms with Gasteiger partial charge in [0.2, 0.25) is 5.89 Å². The Balaban J connectivity index is 1.36. The summed E-state index contributed by atoms with van der Waals surface area (Å²) in [6.45, 7) is 0.549. The molecule has 1 aliphatic heterocycles. The van der Waals surface area contributed by atoms with Gasteiger partial charge in [0, 0.05) is 17.8 Å². The summed E-state index contributed by atoms with van der Waals surface area (Å²) in [5.41, 5.74) is 5.82. The van der Waals surface area contributed by atoms with E-state index in [1.165, 1.54) is 0 Å². The Kier molecular flexibility index (Phi) is 3.77. The number of nitrogens with zero attached hydrogens (tertiary/aromatic N) is 2. The number of H-pyrrole nitrogens is 1. The lowest BCUT2D eigenvalue weighted by Crippen LogP contribution is -2.19. The Morgan fingerprint density at radius 2 is 2.07 bits per heavy atom. The molecule has 5 aromatic rings. The van der Waals surface area contributed by atoms with Crippen LogP contribution in [0.25, 0.3) is 33.3 Å². The predicted molar refractivity (Wildman–Crippen MR) is 114 cm³/mol. The van der Waals surface area contributed by atoms with Crippen molar-refractivity contribution in [3.8, 4) is 22.6 Å². The second-order valence-electron chi connectivity index (χ2n) is 7.52. The van der Waals surface area contributed by atoms with Gasteiger partial charge in [0.1, 0.15) is 29.3 Å². The standard InChI is InChI=1S/C24H19N3O3/c1-28-17-3-5-21-15(11-17)10-16(13-29-21)24-27-20-12-14(2-4-22(20)30-24)18-6-8-25-23-19(18)7-9-26-23/h2-9,11-12,16H,10,13H2,1H3,(H,25,26)/t16-/m1/s1. The van der Waals surface area contributed by atoms with Crippen LogP contribution in [0.5, 0.6) is 11.5 Å². The lowest BCUT2D eigenvalue weighted by molar-refractivity contribution is 0.243. The van der Waals surface area contributed by atoms with Gasteiger partial charge in [0.05, 0.1) is 13.0 Å². The van der Waals surface area contributed by atoms with Crippen molar-refractivity contribution in [2.75, 3.05) is 13.7 Å². The number of rotatable bonds is 3. The van der Waals surface area contributed by atoms with Gasteiger partial charge in [-0.1, -0.05) is 6.07 Å². The molecule has 6 nitrogen and oxygen atoms in total. The Morgan fingerprint density at radius 1 is 1.10 bits per heavy atom. The molecular formula is C24H19N3O3. The number of oxazole rings is 1. The summed E-state index contributed by atoms with van der Waals surface area (Å²) < 4.78 is 17.4. The molecule has 0 fully saturated rings. The van der Waals surface area contributed by atoms with Crippen LogP contribution in [0.2, 0.25) is 0 Å². The minimum Gasteiger partial charge on any atom is -0.497 e. The highest BCUT2D eigenvalue weighted by molar-refractivity contribution is 5.94. The first-order valence-electron chi connectivity index (χ1n) is 9.91. The minimum atomic E-state index is 0.0674. The molecule has 30 heavy (non-hydrogen) atoms. The molecule has 6 heteroatoms. The summed E-state index contributed by atoms with van der Waals surface area (Å²) >= 11 is 0. The fourth-order valence-electron chi connectivity index (χ4n) is 4.16. The van der Waals surface area contributed by atoms with E-state index in [9.17, 15) is 0 Å². The van der Waals surface area contributed by atoms with E-state index in [1.54, 1.807) is 7.11 Å². The third kappa shape index (κ3) is 2.72. The van der Waals surface area contributed by atoms with E-state index >= 15 is 0 Å². The maximum atomic E-state index is 6.10. The molecular weight excluding hydrogens is 378 g/mol. The summed E-state index contributed by atoms with van der Waals surface area (Å²) in [6, 6.07) is 16.1. The first-order chi connectivity index (χ1) is 14.8. The van der Waals surface area contributed by atoms with Crippen molar-refractivity contribution in [2.45, 2.75) is 12.3 Å². The summed E-state index contributed by atoms with van der Waals surface area (Å²) in [4.78, 5) is 12.3. The third-order valence-corrected chi connectivity index (χ3v) is 5.70. The lowest BCUT2D eigenvalue weighted by Gasteiger charge is -2.23. The quantitative estimate of drug-likeness (QED) is 0.459. The van der Waals surface area contributed by atoms with E-state index in [2.05, 4.69) is 22.1 Å². The summed E-state index contributed by atoms with van der Waals surface area (Å²) in [7, 11) is 1.67. The van der Waals surface area contributed by atoms with Crippen molar-refractivity contribution in [3.63, 3.8) is 0 Å². The van der Waals surface area contributed by atoms with Gasteiger partial charge < -0.3 is 18.9 Å². The van der Waals surface area contributed by atoms with E-state index in [1.807, 2.05) is 48.8 Å². The van der Waals surface area contributed by atoms with Crippen molar-refractivity contribution >= 4 is 22.1 Å². The molecule has 1 atom stereocenters. The van der Waals surface area contributed by atoms with Crippen LogP contribution in [0.3, 0.4) is 0 Å². The van der Waals surface area contributed by atoms with Crippen molar-refractivity contribution in [3.05, 3.63) is 72.4 Å². The Labute approximate surface area is 172 Å². The predicted octanol–water partition coefficient (Wildman–Crippen LogP) is 5.10. The van der Waals surface area contributed by atoms with E-state index < -0.39 is 0 Å². The SMILES string of the molecule is COc1ccc2c(c1)C[C@@H](c1nc3cc(-c4ccnc5[nH]ccc45)ccc3o1)CO2. The Bertz CT molecular complexity index is 1390. The second-order valence-corrected chi connectivity index (χ2v) is 7.52. The molecule has 1 N–H and O–H groups in total. The summed E-state index contributed by atoms with van der Waals surface area (Å²) in [5.74, 6) is 2.50. The third-order valence-electron chi connectivity index (χ3n) is 5.70. The van der Waals surface area contributed by atoms with Crippen molar-refractivity contribution in [1.82, 2.24) is 15.0 Å². The summed E-state index contributed by atoms with van der Waals surface area (Å²) in [5, 5.41) is 1.09. The van der Waals surface area contributed by atoms with Crippen LogP contribution < -0.4 is 9.47 Å². The van der Waals surface area contributed by atoms with Gasteiger partial charge in [0.15, 0.2) is 5.58 Å². The maximum Gasteiger partial charge on any atom is 0.202 e. The van der Waals surface area contributed by atoms with Gasteiger partial charge in [-0.05, 0) is 65.6 Å². The fraction of sp³-hybridized carbons (Fsp3) is 0.167. The van der Waals surface area contributed by atoms with Gasteiger partial charge in [-0.15, -0.1) is 0 Å². The number of benzene rings is 2. The molecule has 0 aliphatic carbocycles. The number of hydrogen-bond acceptors (Lipinski definition) is 5. The zero-order valence-electron chi connectivity index (χ0n) is 16.4. The van der Waals surface area contributed by atoms with Crippen LogP contribution in [-0.4, -0.2) is 28.7 Å². The number of ether oxygens (including phenoxy) is 2. The van der Waals surface area contributed by atoms with Crippen LogP contribution in [0, 0.1) is 0 Å². The normalized spacial score (nSPS) is 15.8. The van der Waals surface area contributed by atoms with Crippen LogP contribution >= 0.6 is 0 Å². The molecule has 0 amide bonds. The molecule has 4 heterocycles. The molecule has 0 spiro atoms. The van der Waals surface area contributed by atoms with Crippen molar-refractivity contribution < 1.29 is 13.9 Å². The second kappa shape index (κ2) is 6.62. The van der Waals surface area contributed by atoms with Crippen molar-refractivity contribution in [1.29, 1.82) is 0 Å². The largest absolute Gasteiger partial charge is 0.497 e. The number of pyridine rings is 1. The minimum absolute atomic E-state index is 0.0674. The summed E-state index contributed by atoms with van der Waals surface area (Å²) in [6.07, 6.45) is 4.53. The molecule has 2 aromatic carbocycles. The van der Waals surface area contributed by atoms with Crippen molar-refractivity contribution in [2.24, 2.45) is 0 Å². The van der Waals surface area contributed by atoms with Gasteiger partial charge in [0.25, 0.3) is 0 Å². The molecule has 148 valence electrons. The average molecular weight is 397 g/mol. The van der Waals surface area contributed by atoms with E-state index in [4.69, 9.17) is 18.9 Å². The number of aromatic nitrogens is 3. The Hall–Kier alpha value is -3.80. The Morgan fingerprint density at radius 3 is 3.00 bits per heavy atom. The number of hydrogen-bond donors (Lipinski definition) is 1. The molecule has 6 rings (SSSR count). The molecule has 0 radical (unpaired) electrons. The van der Waals surface area contributed by atoms with E-state index in [0.29, 0.717) is 12.5 Å². The van der Waals surface area contributed by atoms with E-state index in [-0.39, 0.29) is 5.92 Å². The van der Waals surface area contributed by atoms with Crippen LogP contribution in [-0.2, 0) is 6.42 Å². The zero-order valence-corrected chi connectivity index (χ0v) is 16.4. The highest BCUT2D eigenvalue weighted by Gasteiger charge is 2.26. The number of aromatic amines is 1. The van der Waals surface area contributed by atoms with Crippen LogP contribution in [0.1, 0.15) is 17.4 Å². The molecule has 0 saturated heterocycles. The number of methoxy groups -OCH3 is 1. The van der Waals surface area contributed by atoms with Crippen LogP contribution in [0.15, 0.2) is 65.3 Å². The first kappa shape index (κ1) is 17.1. The van der Waals surface area contributed by atoms with Crippen LogP contribution in [0.4, 0.5) is 0 Å². The molecule has 0 bridgehead atoms. The highest BCUT2D eigenvalue weighted by atomic mass is 16.5. The highest BCUT2D eigenvalue weighted by Crippen LogP contribution is 2.36. The van der Waals surface area contributed by atoms with Gasteiger partial charge in [-0.3, -0.25) is 0 Å².